The van der Waals surface area contributed by atoms with Crippen LogP contribution in [0.25, 0.3) is 11.5 Å². The number of alkyl halides is 2. The van der Waals surface area contributed by atoms with Crippen molar-refractivity contribution in [2.24, 2.45) is 5.73 Å². The number of halogens is 2. The van der Waals surface area contributed by atoms with Gasteiger partial charge in [-0.1, -0.05) is 0 Å². The molecule has 0 radical (unpaired) electrons. The molecule has 0 saturated carbocycles. The van der Waals surface area contributed by atoms with Gasteiger partial charge in [-0.2, -0.15) is 8.78 Å². The zero-order chi connectivity index (χ0) is 15.4. The molecular formula is C14H16F2N2O3. The van der Waals surface area contributed by atoms with Crippen molar-refractivity contribution in [2.75, 3.05) is 0 Å². The van der Waals surface area contributed by atoms with E-state index in [9.17, 15) is 8.78 Å². The van der Waals surface area contributed by atoms with Crippen LogP contribution in [-0.4, -0.2) is 17.7 Å². The summed E-state index contributed by atoms with van der Waals surface area (Å²) in [7, 11) is 0. The fourth-order valence-corrected chi connectivity index (χ4v) is 1.71. The standard InChI is InChI=1S/C14H16F2N2O3/c1-8(2)20-12-5-9(3-4-11(12)21-14(15)16)13-18-10(6-17)7-19-13/h3-5,7-8,14H,6,17H2,1-2H3. The lowest BCUT2D eigenvalue weighted by molar-refractivity contribution is -0.0518. The van der Waals surface area contributed by atoms with Crippen LogP contribution in [0.2, 0.25) is 0 Å². The third-order valence-corrected chi connectivity index (χ3v) is 2.53. The first-order valence-corrected chi connectivity index (χ1v) is 6.40. The smallest absolute Gasteiger partial charge is 0.387 e. The number of aromatic nitrogens is 1. The van der Waals surface area contributed by atoms with Crippen LogP contribution in [0, 0.1) is 0 Å². The quantitative estimate of drug-likeness (QED) is 0.886. The number of ether oxygens (including phenoxy) is 2. The molecule has 0 amide bonds. The van der Waals surface area contributed by atoms with E-state index in [1.807, 2.05) is 0 Å². The van der Waals surface area contributed by atoms with E-state index in [1.54, 1.807) is 26.0 Å². The second-order valence-electron chi connectivity index (χ2n) is 4.55. The van der Waals surface area contributed by atoms with Gasteiger partial charge in [0.15, 0.2) is 11.5 Å². The second kappa shape index (κ2) is 6.53. The molecule has 1 aromatic heterocycles. The zero-order valence-corrected chi connectivity index (χ0v) is 11.7. The number of hydrogen-bond acceptors (Lipinski definition) is 5. The third kappa shape index (κ3) is 3.91. The largest absolute Gasteiger partial charge is 0.487 e. The Labute approximate surface area is 120 Å². The van der Waals surface area contributed by atoms with Crippen LogP contribution in [0.15, 0.2) is 28.9 Å². The molecule has 0 saturated heterocycles. The lowest BCUT2D eigenvalue weighted by Gasteiger charge is -2.15. The fourth-order valence-electron chi connectivity index (χ4n) is 1.71. The van der Waals surface area contributed by atoms with Crippen LogP contribution in [0.3, 0.4) is 0 Å². The van der Waals surface area contributed by atoms with E-state index < -0.39 is 6.61 Å². The highest BCUT2D eigenvalue weighted by Gasteiger charge is 2.15. The number of hydrogen-bond donors (Lipinski definition) is 1. The second-order valence-corrected chi connectivity index (χ2v) is 4.55. The van der Waals surface area contributed by atoms with E-state index in [2.05, 4.69) is 9.72 Å². The van der Waals surface area contributed by atoms with E-state index in [4.69, 9.17) is 14.9 Å². The van der Waals surface area contributed by atoms with Crippen LogP contribution in [0.4, 0.5) is 8.78 Å². The maximum Gasteiger partial charge on any atom is 0.387 e. The Morgan fingerprint density at radius 2 is 2.00 bits per heavy atom. The molecule has 1 aromatic carbocycles. The van der Waals surface area contributed by atoms with E-state index in [1.165, 1.54) is 12.3 Å². The van der Waals surface area contributed by atoms with Crippen molar-refractivity contribution in [1.82, 2.24) is 4.98 Å². The Hall–Kier alpha value is -2.15. The summed E-state index contributed by atoms with van der Waals surface area (Å²) in [5, 5.41) is 0. The molecule has 0 aliphatic rings. The topological polar surface area (TPSA) is 70.5 Å². The molecule has 0 aliphatic carbocycles. The van der Waals surface area contributed by atoms with Crippen LogP contribution in [-0.2, 0) is 6.54 Å². The normalized spacial score (nSPS) is 11.2. The predicted octanol–water partition coefficient (Wildman–Crippen LogP) is 3.19. The van der Waals surface area contributed by atoms with Gasteiger partial charge in [-0.15, -0.1) is 0 Å². The van der Waals surface area contributed by atoms with Crippen LogP contribution in [0.1, 0.15) is 19.5 Å². The van der Waals surface area contributed by atoms with Crippen LogP contribution >= 0.6 is 0 Å². The molecule has 0 atom stereocenters. The van der Waals surface area contributed by atoms with Crippen molar-refractivity contribution >= 4 is 0 Å². The van der Waals surface area contributed by atoms with Crippen molar-refractivity contribution in [1.29, 1.82) is 0 Å². The SMILES string of the molecule is CC(C)Oc1cc(-c2nc(CN)co2)ccc1OC(F)F. The summed E-state index contributed by atoms with van der Waals surface area (Å²) in [6.07, 6.45) is 1.26. The summed E-state index contributed by atoms with van der Waals surface area (Å²) in [6.45, 7) is 0.911. The molecule has 7 heteroatoms. The van der Waals surface area contributed by atoms with Crippen LogP contribution < -0.4 is 15.2 Å². The maximum atomic E-state index is 12.4. The highest BCUT2D eigenvalue weighted by molar-refractivity contribution is 5.60. The van der Waals surface area contributed by atoms with E-state index in [0.717, 1.165) is 0 Å². The Kier molecular flexibility index (Phi) is 4.74. The van der Waals surface area contributed by atoms with Gasteiger partial charge in [-0.3, -0.25) is 0 Å². The summed E-state index contributed by atoms with van der Waals surface area (Å²) in [5.74, 6) is 0.510. The molecule has 2 aromatic rings. The number of rotatable bonds is 6. The van der Waals surface area contributed by atoms with Gasteiger partial charge in [0, 0.05) is 12.1 Å². The molecule has 0 aliphatic heterocycles. The minimum Gasteiger partial charge on any atom is -0.487 e. The first-order chi connectivity index (χ1) is 9.99. The van der Waals surface area contributed by atoms with Gasteiger partial charge >= 0.3 is 6.61 Å². The molecule has 1 heterocycles. The van der Waals surface area contributed by atoms with Gasteiger partial charge in [-0.25, -0.2) is 4.98 Å². The zero-order valence-electron chi connectivity index (χ0n) is 11.7. The average Bonchev–Trinajstić information content (AvgIpc) is 2.88. The highest BCUT2D eigenvalue weighted by atomic mass is 19.3. The van der Waals surface area contributed by atoms with Gasteiger partial charge in [0.2, 0.25) is 5.89 Å². The number of benzene rings is 1. The number of oxazole rings is 1. The lowest BCUT2D eigenvalue weighted by Crippen LogP contribution is -2.09. The average molecular weight is 298 g/mol. The number of nitrogens with two attached hydrogens (primary N) is 1. The van der Waals surface area contributed by atoms with Gasteiger partial charge < -0.3 is 19.6 Å². The highest BCUT2D eigenvalue weighted by Crippen LogP contribution is 2.34. The van der Waals surface area contributed by atoms with Gasteiger partial charge in [-0.05, 0) is 32.0 Å². The third-order valence-electron chi connectivity index (χ3n) is 2.53. The van der Waals surface area contributed by atoms with Crippen LogP contribution in [0.5, 0.6) is 11.5 Å². The molecule has 21 heavy (non-hydrogen) atoms. The van der Waals surface area contributed by atoms with Crippen molar-refractivity contribution in [3.63, 3.8) is 0 Å². The number of nitrogens with zero attached hydrogens (tertiary/aromatic N) is 1. The Balaban J connectivity index is 2.35. The molecular weight excluding hydrogens is 282 g/mol. The van der Waals surface area contributed by atoms with Gasteiger partial charge in [0.1, 0.15) is 6.26 Å². The lowest BCUT2D eigenvalue weighted by atomic mass is 10.2. The molecule has 5 nitrogen and oxygen atoms in total. The Bertz CT molecular complexity index is 600. The summed E-state index contributed by atoms with van der Waals surface area (Å²) < 4.78 is 40.0. The van der Waals surface area contributed by atoms with E-state index in [-0.39, 0.29) is 24.1 Å². The van der Waals surface area contributed by atoms with Gasteiger partial charge in [0.25, 0.3) is 0 Å². The summed E-state index contributed by atoms with van der Waals surface area (Å²) >= 11 is 0. The summed E-state index contributed by atoms with van der Waals surface area (Å²) in [6, 6.07) is 4.51. The van der Waals surface area contributed by atoms with E-state index in [0.29, 0.717) is 17.1 Å². The predicted molar refractivity (Wildman–Crippen MR) is 72.2 cm³/mol. The Morgan fingerprint density at radius 1 is 1.24 bits per heavy atom. The maximum absolute atomic E-state index is 12.4. The minimum atomic E-state index is -2.92. The van der Waals surface area contributed by atoms with Crippen molar-refractivity contribution in [3.05, 3.63) is 30.2 Å². The van der Waals surface area contributed by atoms with E-state index >= 15 is 0 Å². The van der Waals surface area contributed by atoms with Gasteiger partial charge in [0.05, 0.1) is 11.8 Å². The summed E-state index contributed by atoms with van der Waals surface area (Å²) in [5.41, 5.74) is 6.66. The molecule has 114 valence electrons. The molecule has 2 N–H and O–H groups in total. The van der Waals surface area contributed by atoms with Crippen molar-refractivity contribution in [2.45, 2.75) is 33.1 Å². The molecule has 0 fully saturated rings. The molecule has 0 bridgehead atoms. The minimum absolute atomic E-state index is 0.0342. The molecule has 0 unspecified atom stereocenters. The first kappa shape index (κ1) is 15.2. The summed E-state index contributed by atoms with van der Waals surface area (Å²) in [4.78, 5) is 4.17. The monoisotopic (exact) mass is 298 g/mol. The molecule has 0 spiro atoms. The van der Waals surface area contributed by atoms with Crippen molar-refractivity contribution in [3.8, 4) is 23.0 Å². The first-order valence-electron chi connectivity index (χ1n) is 6.40. The molecule has 2 rings (SSSR count). The van der Waals surface area contributed by atoms with Crippen molar-refractivity contribution < 1.29 is 22.7 Å². The fraction of sp³-hybridized carbons (Fsp3) is 0.357. The Morgan fingerprint density at radius 3 is 2.57 bits per heavy atom.